The monoisotopic (exact) mass is 325 g/mol. The van der Waals surface area contributed by atoms with E-state index in [9.17, 15) is 0 Å². The number of nitrogens with zero attached hydrogens (tertiary/aromatic N) is 3. The van der Waals surface area contributed by atoms with Crippen molar-refractivity contribution in [1.29, 1.82) is 0 Å². The molecule has 1 fully saturated rings. The highest BCUT2D eigenvalue weighted by molar-refractivity contribution is 5.60. The van der Waals surface area contributed by atoms with Crippen molar-refractivity contribution >= 4 is 23.1 Å². The fraction of sp³-hybridized carbons (Fsp3) is 0.474. The Balaban J connectivity index is 1.62. The summed E-state index contributed by atoms with van der Waals surface area (Å²) in [7, 11) is 0. The second-order valence-electron chi connectivity index (χ2n) is 6.76. The van der Waals surface area contributed by atoms with Crippen LogP contribution in [0.2, 0.25) is 0 Å². The molecule has 2 heterocycles. The van der Waals surface area contributed by atoms with Gasteiger partial charge in [0.2, 0.25) is 5.95 Å². The van der Waals surface area contributed by atoms with Crippen molar-refractivity contribution < 1.29 is 0 Å². The van der Waals surface area contributed by atoms with Gasteiger partial charge >= 0.3 is 0 Å². The summed E-state index contributed by atoms with van der Waals surface area (Å²) in [5.74, 6) is 2.05. The van der Waals surface area contributed by atoms with Gasteiger partial charge in [-0.25, -0.2) is 4.98 Å². The van der Waals surface area contributed by atoms with Crippen LogP contribution in [-0.2, 0) is 0 Å². The molecule has 0 bridgehead atoms. The van der Waals surface area contributed by atoms with Gasteiger partial charge in [-0.2, -0.15) is 4.98 Å². The molecule has 5 heteroatoms. The average molecular weight is 325 g/mol. The molecule has 24 heavy (non-hydrogen) atoms. The lowest BCUT2D eigenvalue weighted by atomic mass is 10.1. The maximum Gasteiger partial charge on any atom is 0.229 e. The number of rotatable bonds is 6. The van der Waals surface area contributed by atoms with Crippen LogP contribution in [0.4, 0.5) is 23.1 Å². The molecule has 1 saturated heterocycles. The zero-order valence-corrected chi connectivity index (χ0v) is 14.6. The number of nitrogens with one attached hydrogen (secondary N) is 2. The van der Waals surface area contributed by atoms with Gasteiger partial charge in [-0.1, -0.05) is 13.8 Å². The third kappa shape index (κ3) is 4.60. The lowest BCUT2D eigenvalue weighted by Crippen LogP contribution is -2.29. The average Bonchev–Trinajstić information content (AvgIpc) is 2.62. The second-order valence-corrected chi connectivity index (χ2v) is 6.76. The van der Waals surface area contributed by atoms with Crippen molar-refractivity contribution in [3.63, 3.8) is 0 Å². The molecule has 0 atom stereocenters. The molecule has 3 rings (SSSR count). The van der Waals surface area contributed by atoms with Gasteiger partial charge in [-0.15, -0.1) is 0 Å². The number of piperidine rings is 1. The molecule has 0 radical (unpaired) electrons. The Morgan fingerprint density at radius 2 is 1.79 bits per heavy atom. The summed E-state index contributed by atoms with van der Waals surface area (Å²) >= 11 is 0. The summed E-state index contributed by atoms with van der Waals surface area (Å²) < 4.78 is 0. The van der Waals surface area contributed by atoms with Crippen molar-refractivity contribution in [3.8, 4) is 0 Å². The van der Waals surface area contributed by atoms with Crippen molar-refractivity contribution in [3.05, 3.63) is 36.5 Å². The van der Waals surface area contributed by atoms with E-state index in [0.29, 0.717) is 11.9 Å². The Bertz CT molecular complexity index is 632. The Morgan fingerprint density at radius 3 is 2.50 bits per heavy atom. The summed E-state index contributed by atoms with van der Waals surface area (Å²) in [6, 6.07) is 10.4. The molecule has 1 aliphatic heterocycles. The third-order valence-corrected chi connectivity index (χ3v) is 4.19. The normalized spacial score (nSPS) is 14.7. The molecule has 2 N–H and O–H groups in total. The smallest absolute Gasteiger partial charge is 0.229 e. The molecule has 2 aromatic rings. The lowest BCUT2D eigenvalue weighted by Gasteiger charge is -2.28. The van der Waals surface area contributed by atoms with E-state index in [2.05, 4.69) is 63.6 Å². The zero-order valence-electron chi connectivity index (χ0n) is 14.6. The molecule has 0 spiro atoms. The fourth-order valence-corrected chi connectivity index (χ4v) is 2.86. The van der Waals surface area contributed by atoms with Crippen molar-refractivity contribution in [2.45, 2.75) is 33.1 Å². The Labute approximate surface area is 144 Å². The summed E-state index contributed by atoms with van der Waals surface area (Å²) in [6.07, 6.45) is 5.72. The highest BCUT2D eigenvalue weighted by Gasteiger charge is 2.10. The Morgan fingerprint density at radius 1 is 1.04 bits per heavy atom. The van der Waals surface area contributed by atoms with E-state index in [1.165, 1.54) is 38.0 Å². The molecule has 0 unspecified atom stereocenters. The van der Waals surface area contributed by atoms with Gasteiger partial charge in [-0.3, -0.25) is 0 Å². The van der Waals surface area contributed by atoms with Crippen LogP contribution in [-0.4, -0.2) is 29.6 Å². The zero-order chi connectivity index (χ0) is 16.8. The summed E-state index contributed by atoms with van der Waals surface area (Å²) in [6.45, 7) is 7.59. The Kier molecular flexibility index (Phi) is 5.51. The first-order valence-corrected chi connectivity index (χ1v) is 8.89. The summed E-state index contributed by atoms with van der Waals surface area (Å²) in [5.41, 5.74) is 2.31. The molecule has 0 saturated carbocycles. The van der Waals surface area contributed by atoms with E-state index in [4.69, 9.17) is 0 Å². The van der Waals surface area contributed by atoms with Crippen LogP contribution in [0.25, 0.3) is 0 Å². The molecule has 0 amide bonds. The van der Waals surface area contributed by atoms with E-state index in [0.717, 1.165) is 18.1 Å². The predicted molar refractivity (Wildman–Crippen MR) is 101 cm³/mol. The molecule has 5 nitrogen and oxygen atoms in total. The first-order chi connectivity index (χ1) is 11.7. The van der Waals surface area contributed by atoms with E-state index >= 15 is 0 Å². The largest absolute Gasteiger partial charge is 0.372 e. The molecule has 1 aromatic carbocycles. The van der Waals surface area contributed by atoms with Crippen LogP contribution in [0, 0.1) is 5.92 Å². The van der Waals surface area contributed by atoms with Gasteiger partial charge < -0.3 is 15.5 Å². The highest BCUT2D eigenvalue weighted by atomic mass is 15.1. The van der Waals surface area contributed by atoms with Crippen LogP contribution in [0.5, 0.6) is 0 Å². The van der Waals surface area contributed by atoms with Gasteiger partial charge in [0, 0.05) is 37.2 Å². The third-order valence-electron chi connectivity index (χ3n) is 4.19. The van der Waals surface area contributed by atoms with Gasteiger partial charge in [0.15, 0.2) is 0 Å². The molecular weight excluding hydrogens is 298 g/mol. The topological polar surface area (TPSA) is 53.1 Å². The minimum atomic E-state index is 0.582. The Hall–Kier alpha value is -2.30. The lowest BCUT2D eigenvalue weighted by molar-refractivity contribution is 0.578. The molecule has 1 aromatic heterocycles. The number of anilines is 4. The number of hydrogen-bond acceptors (Lipinski definition) is 5. The summed E-state index contributed by atoms with van der Waals surface area (Å²) in [4.78, 5) is 11.3. The van der Waals surface area contributed by atoms with Crippen molar-refractivity contribution in [1.82, 2.24) is 9.97 Å². The van der Waals surface area contributed by atoms with Crippen LogP contribution in [0.3, 0.4) is 0 Å². The first-order valence-electron chi connectivity index (χ1n) is 8.89. The van der Waals surface area contributed by atoms with Gasteiger partial charge in [0.1, 0.15) is 5.82 Å². The first kappa shape index (κ1) is 16.6. The van der Waals surface area contributed by atoms with Crippen LogP contribution in [0.15, 0.2) is 36.5 Å². The minimum Gasteiger partial charge on any atom is -0.372 e. The van der Waals surface area contributed by atoms with E-state index in [1.54, 1.807) is 6.20 Å². The quantitative estimate of drug-likeness (QED) is 0.830. The van der Waals surface area contributed by atoms with Gasteiger partial charge in [-0.05, 0) is 55.5 Å². The minimum absolute atomic E-state index is 0.582. The van der Waals surface area contributed by atoms with Crippen LogP contribution < -0.4 is 15.5 Å². The van der Waals surface area contributed by atoms with Gasteiger partial charge in [0.25, 0.3) is 0 Å². The molecule has 0 aliphatic carbocycles. The number of aromatic nitrogens is 2. The predicted octanol–water partition coefficient (Wildman–Crippen LogP) is 4.28. The van der Waals surface area contributed by atoms with Crippen molar-refractivity contribution in [2.75, 3.05) is 35.2 Å². The number of hydrogen-bond donors (Lipinski definition) is 2. The standard InChI is InChI=1S/C19H27N5/c1-15(2)14-21-18-10-11-20-19(23-18)22-16-6-8-17(9-7-16)24-12-4-3-5-13-24/h6-11,15H,3-5,12-14H2,1-2H3,(H2,20,21,22,23). The number of benzene rings is 1. The van der Waals surface area contributed by atoms with E-state index in [1.807, 2.05) is 6.07 Å². The van der Waals surface area contributed by atoms with E-state index in [-0.39, 0.29) is 0 Å². The molecule has 128 valence electrons. The maximum atomic E-state index is 4.51. The van der Waals surface area contributed by atoms with Crippen LogP contribution in [0.1, 0.15) is 33.1 Å². The highest BCUT2D eigenvalue weighted by Crippen LogP contribution is 2.23. The summed E-state index contributed by atoms with van der Waals surface area (Å²) in [5, 5.41) is 6.61. The van der Waals surface area contributed by atoms with Crippen molar-refractivity contribution in [2.24, 2.45) is 5.92 Å². The molecule has 1 aliphatic rings. The van der Waals surface area contributed by atoms with Crippen LogP contribution >= 0.6 is 0 Å². The maximum absolute atomic E-state index is 4.51. The molecular formula is C19H27N5. The van der Waals surface area contributed by atoms with Gasteiger partial charge in [0.05, 0.1) is 0 Å². The second kappa shape index (κ2) is 7.99. The SMILES string of the molecule is CC(C)CNc1ccnc(Nc2ccc(N3CCCCC3)cc2)n1. The fourth-order valence-electron chi connectivity index (χ4n) is 2.86. The van der Waals surface area contributed by atoms with E-state index < -0.39 is 0 Å².